The Morgan fingerprint density at radius 1 is 1.67 bits per heavy atom. The van der Waals surface area contributed by atoms with Crippen LogP contribution in [0.1, 0.15) is 0 Å². The predicted octanol–water partition coefficient (Wildman–Crippen LogP) is 0.403. The van der Waals surface area contributed by atoms with Crippen molar-refractivity contribution in [2.45, 2.75) is 6.04 Å². The van der Waals surface area contributed by atoms with Crippen LogP contribution in [0.4, 0.5) is 5.82 Å². The van der Waals surface area contributed by atoms with Crippen LogP contribution in [0.5, 0.6) is 0 Å². The molecule has 1 aromatic rings. The van der Waals surface area contributed by atoms with Crippen LogP contribution in [-0.4, -0.2) is 42.3 Å². The molecule has 2 N–H and O–H groups in total. The van der Waals surface area contributed by atoms with Gasteiger partial charge in [-0.15, -0.1) is 0 Å². The van der Waals surface area contributed by atoms with Crippen molar-refractivity contribution in [2.24, 2.45) is 5.73 Å². The SMILES string of the molecule is NCC1COCCN1c1ncncc1Br. The number of halogens is 1. The minimum absolute atomic E-state index is 0.199. The zero-order chi connectivity index (χ0) is 10.7. The van der Waals surface area contributed by atoms with Crippen molar-refractivity contribution in [1.82, 2.24) is 9.97 Å². The molecule has 1 unspecified atom stereocenters. The molecule has 1 fully saturated rings. The number of rotatable bonds is 2. The van der Waals surface area contributed by atoms with E-state index in [0.717, 1.165) is 16.8 Å². The Balaban J connectivity index is 2.24. The van der Waals surface area contributed by atoms with Gasteiger partial charge >= 0.3 is 0 Å². The first-order valence-corrected chi connectivity index (χ1v) is 5.62. The molecule has 0 radical (unpaired) electrons. The van der Waals surface area contributed by atoms with E-state index in [4.69, 9.17) is 10.5 Å². The van der Waals surface area contributed by atoms with Crippen molar-refractivity contribution >= 4 is 21.7 Å². The van der Waals surface area contributed by atoms with Crippen molar-refractivity contribution in [1.29, 1.82) is 0 Å². The van der Waals surface area contributed by atoms with Crippen LogP contribution in [-0.2, 0) is 4.74 Å². The van der Waals surface area contributed by atoms with Crippen molar-refractivity contribution in [3.63, 3.8) is 0 Å². The summed E-state index contributed by atoms with van der Waals surface area (Å²) >= 11 is 3.44. The van der Waals surface area contributed by atoms with Gasteiger partial charge in [0.1, 0.15) is 12.1 Å². The Morgan fingerprint density at radius 2 is 2.53 bits per heavy atom. The third kappa shape index (κ3) is 2.27. The van der Waals surface area contributed by atoms with Crippen LogP contribution in [0, 0.1) is 0 Å². The van der Waals surface area contributed by atoms with Gasteiger partial charge in [-0.25, -0.2) is 9.97 Å². The molecule has 2 rings (SSSR count). The van der Waals surface area contributed by atoms with Gasteiger partial charge in [0.05, 0.1) is 23.7 Å². The first-order chi connectivity index (χ1) is 7.33. The lowest BCUT2D eigenvalue weighted by molar-refractivity contribution is 0.0957. The van der Waals surface area contributed by atoms with E-state index in [2.05, 4.69) is 30.8 Å². The smallest absolute Gasteiger partial charge is 0.146 e. The number of anilines is 1. The molecular weight excluding hydrogens is 260 g/mol. The molecule has 82 valence electrons. The highest BCUT2D eigenvalue weighted by atomic mass is 79.9. The average Bonchev–Trinajstić information content (AvgIpc) is 2.30. The zero-order valence-electron chi connectivity index (χ0n) is 8.27. The van der Waals surface area contributed by atoms with Gasteiger partial charge < -0.3 is 15.4 Å². The van der Waals surface area contributed by atoms with Crippen LogP contribution in [0.3, 0.4) is 0 Å². The summed E-state index contributed by atoms with van der Waals surface area (Å²) < 4.78 is 6.28. The average molecular weight is 273 g/mol. The van der Waals surface area contributed by atoms with Crippen molar-refractivity contribution in [3.05, 3.63) is 17.0 Å². The van der Waals surface area contributed by atoms with Gasteiger partial charge in [-0.1, -0.05) is 0 Å². The number of nitrogens with zero attached hydrogens (tertiary/aromatic N) is 3. The van der Waals surface area contributed by atoms with Gasteiger partial charge in [-0.3, -0.25) is 0 Å². The molecule has 0 aromatic carbocycles. The van der Waals surface area contributed by atoms with Gasteiger partial charge in [0.15, 0.2) is 0 Å². The van der Waals surface area contributed by atoms with E-state index in [1.165, 1.54) is 0 Å². The minimum atomic E-state index is 0.199. The Labute approximate surface area is 96.8 Å². The molecule has 6 heteroatoms. The highest BCUT2D eigenvalue weighted by Gasteiger charge is 2.24. The molecule has 15 heavy (non-hydrogen) atoms. The van der Waals surface area contributed by atoms with E-state index in [1.54, 1.807) is 12.5 Å². The number of morpholine rings is 1. The fraction of sp³-hybridized carbons (Fsp3) is 0.556. The van der Waals surface area contributed by atoms with Crippen LogP contribution in [0.2, 0.25) is 0 Å². The fourth-order valence-electron chi connectivity index (χ4n) is 1.65. The Kier molecular flexibility index (Phi) is 3.50. The number of ether oxygens (including phenoxy) is 1. The Morgan fingerprint density at radius 3 is 3.27 bits per heavy atom. The van der Waals surface area contributed by atoms with Crippen molar-refractivity contribution in [2.75, 3.05) is 31.2 Å². The van der Waals surface area contributed by atoms with E-state index in [9.17, 15) is 0 Å². The van der Waals surface area contributed by atoms with Crippen molar-refractivity contribution in [3.8, 4) is 0 Å². The van der Waals surface area contributed by atoms with Gasteiger partial charge in [0, 0.05) is 19.3 Å². The maximum Gasteiger partial charge on any atom is 0.146 e. The summed E-state index contributed by atoms with van der Waals surface area (Å²) in [5.41, 5.74) is 5.70. The maximum absolute atomic E-state index is 5.70. The third-order valence-electron chi connectivity index (χ3n) is 2.42. The summed E-state index contributed by atoms with van der Waals surface area (Å²) in [4.78, 5) is 10.4. The molecule has 0 bridgehead atoms. The molecule has 0 amide bonds. The number of hydrogen-bond donors (Lipinski definition) is 1. The fourth-order valence-corrected chi connectivity index (χ4v) is 2.09. The van der Waals surface area contributed by atoms with Crippen LogP contribution in [0.15, 0.2) is 17.0 Å². The Hall–Kier alpha value is -0.720. The molecule has 5 nitrogen and oxygen atoms in total. The van der Waals surface area contributed by atoms with Crippen LogP contribution < -0.4 is 10.6 Å². The molecular formula is C9H13BrN4O. The molecule has 1 aromatic heterocycles. The molecule has 1 aliphatic rings. The lowest BCUT2D eigenvalue weighted by Gasteiger charge is -2.36. The summed E-state index contributed by atoms with van der Waals surface area (Å²) in [6, 6.07) is 0.199. The highest BCUT2D eigenvalue weighted by Crippen LogP contribution is 2.24. The van der Waals surface area contributed by atoms with E-state index in [-0.39, 0.29) is 6.04 Å². The predicted molar refractivity (Wildman–Crippen MR) is 60.7 cm³/mol. The third-order valence-corrected chi connectivity index (χ3v) is 2.98. The van der Waals surface area contributed by atoms with E-state index in [1.807, 2.05) is 0 Å². The second-order valence-electron chi connectivity index (χ2n) is 3.35. The molecule has 1 aliphatic heterocycles. The van der Waals surface area contributed by atoms with Gasteiger partial charge in [-0.05, 0) is 15.9 Å². The van der Waals surface area contributed by atoms with Crippen molar-refractivity contribution < 1.29 is 4.74 Å². The van der Waals surface area contributed by atoms with Gasteiger partial charge in [-0.2, -0.15) is 0 Å². The second kappa shape index (κ2) is 4.87. The lowest BCUT2D eigenvalue weighted by Crippen LogP contribution is -2.50. The lowest BCUT2D eigenvalue weighted by atomic mass is 10.2. The van der Waals surface area contributed by atoms with Gasteiger partial charge in [0.2, 0.25) is 0 Å². The molecule has 0 saturated carbocycles. The minimum Gasteiger partial charge on any atom is -0.377 e. The first-order valence-electron chi connectivity index (χ1n) is 4.83. The van der Waals surface area contributed by atoms with Crippen LogP contribution >= 0.6 is 15.9 Å². The quantitative estimate of drug-likeness (QED) is 0.845. The molecule has 0 aliphatic carbocycles. The zero-order valence-corrected chi connectivity index (χ0v) is 9.85. The van der Waals surface area contributed by atoms with E-state index >= 15 is 0 Å². The maximum atomic E-state index is 5.70. The standard InChI is InChI=1S/C9H13BrN4O/c10-8-4-12-6-13-9(8)14-1-2-15-5-7(14)3-11/h4,6-7H,1-3,5,11H2. The first kappa shape index (κ1) is 10.8. The molecule has 0 spiro atoms. The van der Waals surface area contributed by atoms with E-state index < -0.39 is 0 Å². The summed E-state index contributed by atoms with van der Waals surface area (Å²) in [7, 11) is 0. The monoisotopic (exact) mass is 272 g/mol. The van der Waals surface area contributed by atoms with E-state index in [0.29, 0.717) is 19.8 Å². The summed E-state index contributed by atoms with van der Waals surface area (Å²) in [6.45, 7) is 2.76. The highest BCUT2D eigenvalue weighted by molar-refractivity contribution is 9.10. The number of aromatic nitrogens is 2. The number of hydrogen-bond acceptors (Lipinski definition) is 5. The summed E-state index contributed by atoms with van der Waals surface area (Å²) in [5.74, 6) is 0.892. The Bertz CT molecular complexity index is 336. The molecule has 1 saturated heterocycles. The summed E-state index contributed by atoms with van der Waals surface area (Å²) in [5, 5.41) is 0. The number of nitrogens with two attached hydrogens (primary N) is 1. The van der Waals surface area contributed by atoms with Crippen LogP contribution in [0.25, 0.3) is 0 Å². The summed E-state index contributed by atoms with van der Waals surface area (Å²) in [6.07, 6.45) is 3.29. The largest absolute Gasteiger partial charge is 0.377 e. The molecule has 1 atom stereocenters. The van der Waals surface area contributed by atoms with Gasteiger partial charge in [0.25, 0.3) is 0 Å². The molecule has 2 heterocycles. The topological polar surface area (TPSA) is 64.3 Å². The second-order valence-corrected chi connectivity index (χ2v) is 4.21. The normalized spacial score (nSPS) is 21.7.